The van der Waals surface area contributed by atoms with E-state index in [0.717, 1.165) is 25.4 Å². The van der Waals surface area contributed by atoms with E-state index in [1.807, 2.05) is 43.9 Å². The minimum atomic E-state index is -1.87. The molecule has 0 fully saturated rings. The molecule has 40 heavy (non-hydrogen) atoms. The van der Waals surface area contributed by atoms with E-state index >= 15 is 0 Å². The summed E-state index contributed by atoms with van der Waals surface area (Å²) < 4.78 is 5.79. The molecule has 0 radical (unpaired) electrons. The van der Waals surface area contributed by atoms with Crippen LogP contribution in [0.4, 0.5) is 4.79 Å². The van der Waals surface area contributed by atoms with Gasteiger partial charge in [0.2, 0.25) is 0 Å². The van der Waals surface area contributed by atoms with Gasteiger partial charge in [0.05, 0.1) is 6.16 Å². The average molecular weight is 666 g/mol. The lowest BCUT2D eigenvalue weighted by Crippen LogP contribution is -3.00. The molecule has 0 aromatic heterocycles. The molecular formula is C35H41INO2P. The standard InChI is InChI=1S/C35H41NO2P.HI/c1-35(2,3)38-34(37)36(28-26-30-18-8-4-9-19-30)27-16-17-29-39(31-20-10-5-11-21-31,32-22-12-6-13-23-32)33-24-14-7-15-25-33;/h4-15,18-25H,16-17,26-29H2,1-3H3;1H/q+1;/p-1. The lowest BCUT2D eigenvalue weighted by Gasteiger charge is -2.29. The van der Waals surface area contributed by atoms with Gasteiger partial charge in [-0.1, -0.05) is 84.9 Å². The number of rotatable bonds is 11. The van der Waals surface area contributed by atoms with Crippen molar-refractivity contribution in [3.05, 3.63) is 127 Å². The fourth-order valence-corrected chi connectivity index (χ4v) is 9.47. The maximum Gasteiger partial charge on any atom is 0.410 e. The van der Waals surface area contributed by atoms with Gasteiger partial charge in [-0.25, -0.2) is 4.79 Å². The number of carbonyl (C=O) groups excluding carboxylic acids is 1. The number of benzene rings is 4. The largest absolute Gasteiger partial charge is 1.00 e. The summed E-state index contributed by atoms with van der Waals surface area (Å²) >= 11 is 0. The van der Waals surface area contributed by atoms with Crippen molar-refractivity contribution in [2.45, 2.75) is 45.6 Å². The fraction of sp³-hybridized carbons (Fsp3) is 0.286. The highest BCUT2D eigenvalue weighted by atomic mass is 127. The molecule has 0 aliphatic carbocycles. The molecule has 0 heterocycles. The van der Waals surface area contributed by atoms with Gasteiger partial charge in [0, 0.05) is 13.1 Å². The first-order chi connectivity index (χ1) is 18.9. The zero-order chi connectivity index (χ0) is 27.6. The van der Waals surface area contributed by atoms with Gasteiger partial charge in [-0.3, -0.25) is 0 Å². The molecule has 0 saturated heterocycles. The normalized spacial score (nSPS) is 11.4. The van der Waals surface area contributed by atoms with Crippen LogP contribution in [-0.2, 0) is 11.2 Å². The second-order valence-electron chi connectivity index (χ2n) is 11.0. The quantitative estimate of drug-likeness (QED) is 0.136. The maximum absolute atomic E-state index is 13.1. The Morgan fingerprint density at radius 2 is 1.07 bits per heavy atom. The molecule has 210 valence electrons. The van der Waals surface area contributed by atoms with E-state index in [1.165, 1.54) is 21.5 Å². The van der Waals surface area contributed by atoms with Crippen molar-refractivity contribution in [1.29, 1.82) is 0 Å². The summed E-state index contributed by atoms with van der Waals surface area (Å²) in [5.74, 6) is 0. The first kappa shape index (κ1) is 31.8. The summed E-state index contributed by atoms with van der Waals surface area (Å²) in [7, 11) is -1.87. The molecule has 5 heteroatoms. The van der Waals surface area contributed by atoms with Gasteiger partial charge in [-0.15, -0.1) is 0 Å². The van der Waals surface area contributed by atoms with Crippen molar-refractivity contribution in [3.63, 3.8) is 0 Å². The zero-order valence-electron chi connectivity index (χ0n) is 23.9. The number of nitrogens with zero attached hydrogens (tertiary/aromatic N) is 1. The van der Waals surface area contributed by atoms with Gasteiger partial charge in [-0.05, 0) is 82.0 Å². The molecular weight excluding hydrogens is 624 g/mol. The molecule has 0 atom stereocenters. The van der Waals surface area contributed by atoms with Crippen molar-refractivity contribution in [2.75, 3.05) is 19.3 Å². The number of hydrogen-bond acceptors (Lipinski definition) is 2. The third kappa shape index (κ3) is 8.65. The number of carbonyl (C=O) groups is 1. The molecule has 4 aromatic rings. The van der Waals surface area contributed by atoms with Crippen LogP contribution in [0, 0.1) is 0 Å². The average Bonchev–Trinajstić information content (AvgIpc) is 2.96. The smallest absolute Gasteiger partial charge is 0.410 e. The van der Waals surface area contributed by atoms with Gasteiger partial charge in [0.15, 0.2) is 0 Å². The van der Waals surface area contributed by atoms with Crippen LogP contribution in [0.1, 0.15) is 39.2 Å². The molecule has 0 unspecified atom stereocenters. The Morgan fingerprint density at radius 1 is 0.650 bits per heavy atom. The van der Waals surface area contributed by atoms with Gasteiger partial charge in [0.1, 0.15) is 28.8 Å². The fourth-order valence-electron chi connectivity index (χ4n) is 5.06. The Balaban J connectivity index is 0.00000441. The van der Waals surface area contributed by atoms with Crippen LogP contribution < -0.4 is 39.9 Å². The first-order valence-corrected chi connectivity index (χ1v) is 15.9. The topological polar surface area (TPSA) is 29.5 Å². The van der Waals surface area contributed by atoms with Crippen molar-refractivity contribution in [3.8, 4) is 0 Å². The highest BCUT2D eigenvalue weighted by molar-refractivity contribution is 7.95. The van der Waals surface area contributed by atoms with E-state index in [1.54, 1.807) is 0 Å². The lowest BCUT2D eigenvalue weighted by molar-refractivity contribution is -0.0000502. The molecule has 4 rings (SSSR count). The van der Waals surface area contributed by atoms with Gasteiger partial charge < -0.3 is 33.6 Å². The van der Waals surface area contributed by atoms with Crippen molar-refractivity contribution in [1.82, 2.24) is 4.90 Å². The van der Waals surface area contributed by atoms with Crippen LogP contribution in [-0.4, -0.2) is 35.8 Å². The summed E-state index contributed by atoms with van der Waals surface area (Å²) in [5.41, 5.74) is 0.713. The Bertz CT molecular complexity index is 1180. The minimum Gasteiger partial charge on any atom is -1.00 e. The van der Waals surface area contributed by atoms with E-state index in [2.05, 4.69) is 103 Å². The second kappa shape index (κ2) is 15.3. The Morgan fingerprint density at radius 3 is 1.50 bits per heavy atom. The summed E-state index contributed by atoms with van der Waals surface area (Å²) in [4.78, 5) is 15.0. The van der Waals surface area contributed by atoms with E-state index in [9.17, 15) is 4.79 Å². The van der Waals surface area contributed by atoms with E-state index in [0.29, 0.717) is 13.1 Å². The summed E-state index contributed by atoms with van der Waals surface area (Å²) in [6.45, 7) is 7.12. The minimum absolute atomic E-state index is 0. The highest BCUT2D eigenvalue weighted by Gasteiger charge is 2.44. The van der Waals surface area contributed by atoms with Crippen LogP contribution in [0.25, 0.3) is 0 Å². The summed E-state index contributed by atoms with van der Waals surface area (Å²) in [6.07, 6.45) is 3.56. The predicted octanol–water partition coefficient (Wildman–Crippen LogP) is 4.24. The van der Waals surface area contributed by atoms with Crippen LogP contribution in [0.5, 0.6) is 0 Å². The first-order valence-electron chi connectivity index (χ1n) is 14.0. The Kier molecular flexibility index (Phi) is 12.2. The lowest BCUT2D eigenvalue weighted by atomic mass is 10.1. The number of amides is 1. The maximum atomic E-state index is 13.1. The van der Waals surface area contributed by atoms with Crippen molar-refractivity contribution < 1.29 is 33.5 Å². The number of hydrogen-bond donors (Lipinski definition) is 0. The molecule has 3 nitrogen and oxygen atoms in total. The molecule has 1 amide bonds. The number of unbranched alkanes of at least 4 members (excludes halogenated alkanes) is 1. The number of halogens is 1. The molecule has 0 spiro atoms. The van der Waals surface area contributed by atoms with Gasteiger partial charge in [0.25, 0.3) is 0 Å². The molecule has 0 aliphatic rings. The van der Waals surface area contributed by atoms with Gasteiger partial charge in [-0.2, -0.15) is 0 Å². The van der Waals surface area contributed by atoms with Crippen LogP contribution >= 0.6 is 7.26 Å². The molecule has 0 saturated carbocycles. The molecule has 4 aromatic carbocycles. The van der Waals surface area contributed by atoms with Crippen molar-refractivity contribution >= 4 is 29.3 Å². The van der Waals surface area contributed by atoms with Crippen LogP contribution in [0.15, 0.2) is 121 Å². The SMILES string of the molecule is CC(C)(C)OC(=O)N(CCCC[P+](c1ccccc1)(c1ccccc1)c1ccccc1)CCc1ccccc1.[I-]. The zero-order valence-corrected chi connectivity index (χ0v) is 26.9. The third-order valence-electron chi connectivity index (χ3n) is 6.93. The van der Waals surface area contributed by atoms with E-state index < -0.39 is 12.9 Å². The summed E-state index contributed by atoms with van der Waals surface area (Å²) in [6, 6.07) is 43.3. The van der Waals surface area contributed by atoms with Crippen LogP contribution in [0.2, 0.25) is 0 Å². The molecule has 0 N–H and O–H groups in total. The Labute approximate surface area is 258 Å². The van der Waals surface area contributed by atoms with Crippen molar-refractivity contribution in [2.24, 2.45) is 0 Å². The summed E-state index contributed by atoms with van der Waals surface area (Å²) in [5, 5.41) is 4.20. The Hall–Kier alpha value is -2.69. The molecule has 0 aliphatic heterocycles. The molecule has 0 bridgehead atoms. The second-order valence-corrected chi connectivity index (χ2v) is 14.6. The highest BCUT2D eigenvalue weighted by Crippen LogP contribution is 2.55. The van der Waals surface area contributed by atoms with Gasteiger partial charge >= 0.3 is 6.09 Å². The third-order valence-corrected chi connectivity index (χ3v) is 11.5. The van der Waals surface area contributed by atoms with Crippen LogP contribution in [0.3, 0.4) is 0 Å². The number of ether oxygens (including phenoxy) is 1. The van der Waals surface area contributed by atoms with E-state index in [4.69, 9.17) is 4.74 Å². The monoisotopic (exact) mass is 665 g/mol. The van der Waals surface area contributed by atoms with E-state index in [-0.39, 0.29) is 30.1 Å². The predicted molar refractivity (Wildman–Crippen MR) is 167 cm³/mol.